The number of rotatable bonds is 6. The van der Waals surface area contributed by atoms with E-state index < -0.39 is 0 Å². The Labute approximate surface area is 117 Å². The van der Waals surface area contributed by atoms with E-state index in [0.29, 0.717) is 6.04 Å². The average molecular weight is 264 g/mol. The Hall–Kier alpha value is -0.800. The van der Waals surface area contributed by atoms with Gasteiger partial charge in [-0.25, -0.2) is 0 Å². The Bertz CT molecular complexity index is 365. The molecule has 2 rings (SSSR count). The molecule has 0 spiro atoms. The summed E-state index contributed by atoms with van der Waals surface area (Å²) >= 11 is 0. The minimum atomic E-state index is 0.502. The van der Waals surface area contributed by atoms with Gasteiger partial charge in [-0.05, 0) is 44.0 Å². The van der Waals surface area contributed by atoms with Gasteiger partial charge in [-0.1, -0.05) is 27.2 Å². The molecule has 1 aliphatic rings. The van der Waals surface area contributed by atoms with E-state index in [2.05, 4.69) is 43.1 Å². The Kier molecular flexibility index (Phi) is 5.46. The second-order valence-electron chi connectivity index (χ2n) is 6.03. The summed E-state index contributed by atoms with van der Waals surface area (Å²) in [4.78, 5) is 2.52. The SMILES string of the molecule is CCC1CCN(Cc2ccc(CNC(C)C)o2)CC1. The van der Waals surface area contributed by atoms with Gasteiger partial charge >= 0.3 is 0 Å². The van der Waals surface area contributed by atoms with E-state index in [0.717, 1.165) is 30.5 Å². The molecule has 108 valence electrons. The summed E-state index contributed by atoms with van der Waals surface area (Å²) in [5, 5.41) is 3.38. The fraction of sp³-hybridized carbons (Fsp3) is 0.750. The summed E-state index contributed by atoms with van der Waals surface area (Å²) in [5.74, 6) is 3.10. The maximum atomic E-state index is 5.89. The number of nitrogens with zero attached hydrogens (tertiary/aromatic N) is 1. The molecule has 0 unspecified atom stereocenters. The van der Waals surface area contributed by atoms with Crippen LogP contribution in [0.25, 0.3) is 0 Å². The van der Waals surface area contributed by atoms with Crippen molar-refractivity contribution in [1.82, 2.24) is 10.2 Å². The summed E-state index contributed by atoms with van der Waals surface area (Å²) < 4.78 is 5.89. The number of furan rings is 1. The van der Waals surface area contributed by atoms with E-state index in [1.165, 1.54) is 32.4 Å². The van der Waals surface area contributed by atoms with E-state index in [1.807, 2.05) is 0 Å². The van der Waals surface area contributed by atoms with Crippen LogP contribution in [0.3, 0.4) is 0 Å². The monoisotopic (exact) mass is 264 g/mol. The van der Waals surface area contributed by atoms with Crippen LogP contribution >= 0.6 is 0 Å². The third kappa shape index (κ3) is 4.66. The number of nitrogens with one attached hydrogen (secondary N) is 1. The topological polar surface area (TPSA) is 28.4 Å². The van der Waals surface area contributed by atoms with Crippen LogP contribution in [0.15, 0.2) is 16.5 Å². The Morgan fingerprint density at radius 1 is 1.26 bits per heavy atom. The highest BCUT2D eigenvalue weighted by molar-refractivity contribution is 5.07. The smallest absolute Gasteiger partial charge is 0.118 e. The summed E-state index contributed by atoms with van der Waals surface area (Å²) in [6.45, 7) is 10.9. The first-order valence-electron chi connectivity index (χ1n) is 7.70. The van der Waals surface area contributed by atoms with Gasteiger partial charge < -0.3 is 9.73 Å². The molecule has 0 radical (unpaired) electrons. The van der Waals surface area contributed by atoms with E-state index in [9.17, 15) is 0 Å². The lowest BCUT2D eigenvalue weighted by Gasteiger charge is -2.30. The predicted molar refractivity (Wildman–Crippen MR) is 79.0 cm³/mol. The van der Waals surface area contributed by atoms with Gasteiger partial charge in [0.2, 0.25) is 0 Å². The van der Waals surface area contributed by atoms with Gasteiger partial charge in [0.05, 0.1) is 13.1 Å². The largest absolute Gasteiger partial charge is 0.463 e. The van der Waals surface area contributed by atoms with Crippen molar-refractivity contribution in [2.24, 2.45) is 5.92 Å². The minimum Gasteiger partial charge on any atom is -0.463 e. The van der Waals surface area contributed by atoms with Gasteiger partial charge in [-0.15, -0.1) is 0 Å². The van der Waals surface area contributed by atoms with E-state index in [-0.39, 0.29) is 0 Å². The van der Waals surface area contributed by atoms with Crippen LogP contribution in [0.5, 0.6) is 0 Å². The van der Waals surface area contributed by atoms with Gasteiger partial charge in [0.25, 0.3) is 0 Å². The molecule has 0 aliphatic carbocycles. The van der Waals surface area contributed by atoms with Crippen molar-refractivity contribution in [2.45, 2.75) is 59.2 Å². The molecule has 19 heavy (non-hydrogen) atoms. The zero-order valence-electron chi connectivity index (χ0n) is 12.6. The number of piperidine rings is 1. The quantitative estimate of drug-likeness (QED) is 0.853. The molecule has 1 aromatic rings. The first-order valence-corrected chi connectivity index (χ1v) is 7.70. The molecule has 2 heterocycles. The van der Waals surface area contributed by atoms with Gasteiger partial charge in [-0.2, -0.15) is 0 Å². The van der Waals surface area contributed by atoms with Crippen LogP contribution in [0.1, 0.15) is 51.6 Å². The van der Waals surface area contributed by atoms with Crippen LogP contribution in [-0.2, 0) is 13.1 Å². The molecule has 1 N–H and O–H groups in total. The third-order valence-corrected chi connectivity index (χ3v) is 4.07. The number of likely N-dealkylation sites (tertiary alicyclic amines) is 1. The zero-order chi connectivity index (χ0) is 13.7. The normalized spacial score (nSPS) is 18.3. The van der Waals surface area contributed by atoms with Gasteiger partial charge in [0, 0.05) is 6.04 Å². The van der Waals surface area contributed by atoms with Crippen molar-refractivity contribution in [3.05, 3.63) is 23.7 Å². The van der Waals surface area contributed by atoms with Crippen molar-refractivity contribution >= 4 is 0 Å². The van der Waals surface area contributed by atoms with Gasteiger partial charge in [0.15, 0.2) is 0 Å². The summed E-state index contributed by atoms with van der Waals surface area (Å²) in [6.07, 6.45) is 4.03. The highest BCUT2D eigenvalue weighted by Gasteiger charge is 2.18. The average Bonchev–Trinajstić information content (AvgIpc) is 2.85. The van der Waals surface area contributed by atoms with E-state index >= 15 is 0 Å². The Morgan fingerprint density at radius 3 is 2.58 bits per heavy atom. The molecule has 1 fully saturated rings. The van der Waals surface area contributed by atoms with Crippen molar-refractivity contribution in [1.29, 1.82) is 0 Å². The number of hydrogen-bond donors (Lipinski definition) is 1. The lowest BCUT2D eigenvalue weighted by atomic mass is 9.94. The maximum Gasteiger partial charge on any atom is 0.118 e. The third-order valence-electron chi connectivity index (χ3n) is 4.07. The van der Waals surface area contributed by atoms with Crippen LogP contribution in [0.4, 0.5) is 0 Å². The van der Waals surface area contributed by atoms with Crippen molar-refractivity contribution in [3.63, 3.8) is 0 Å². The maximum absolute atomic E-state index is 5.89. The van der Waals surface area contributed by atoms with Crippen molar-refractivity contribution < 1.29 is 4.42 Å². The molecule has 0 amide bonds. The highest BCUT2D eigenvalue weighted by Crippen LogP contribution is 2.21. The van der Waals surface area contributed by atoms with Crippen molar-refractivity contribution in [2.75, 3.05) is 13.1 Å². The van der Waals surface area contributed by atoms with E-state index in [4.69, 9.17) is 4.42 Å². The molecule has 1 aliphatic heterocycles. The second-order valence-corrected chi connectivity index (χ2v) is 6.03. The van der Waals surface area contributed by atoms with Gasteiger partial charge in [-0.3, -0.25) is 4.90 Å². The Morgan fingerprint density at radius 2 is 1.95 bits per heavy atom. The molecule has 0 bridgehead atoms. The molecule has 1 aromatic heterocycles. The first-order chi connectivity index (χ1) is 9.17. The fourth-order valence-electron chi connectivity index (χ4n) is 2.68. The summed E-state index contributed by atoms with van der Waals surface area (Å²) in [6, 6.07) is 4.73. The van der Waals surface area contributed by atoms with Crippen LogP contribution < -0.4 is 5.32 Å². The second kappa shape index (κ2) is 7.11. The van der Waals surface area contributed by atoms with Gasteiger partial charge in [0.1, 0.15) is 11.5 Å². The fourth-order valence-corrected chi connectivity index (χ4v) is 2.68. The van der Waals surface area contributed by atoms with Crippen LogP contribution in [0, 0.1) is 5.92 Å². The van der Waals surface area contributed by atoms with Crippen molar-refractivity contribution in [3.8, 4) is 0 Å². The Balaban J connectivity index is 1.77. The predicted octanol–water partition coefficient (Wildman–Crippen LogP) is 3.40. The molecular formula is C16H28N2O. The number of hydrogen-bond acceptors (Lipinski definition) is 3. The molecule has 3 heteroatoms. The molecule has 0 saturated carbocycles. The zero-order valence-corrected chi connectivity index (χ0v) is 12.6. The standard InChI is InChI=1S/C16H28N2O/c1-4-14-7-9-18(10-8-14)12-16-6-5-15(19-16)11-17-13(2)3/h5-6,13-14,17H,4,7-12H2,1-3H3. The van der Waals surface area contributed by atoms with Crippen LogP contribution in [-0.4, -0.2) is 24.0 Å². The lowest BCUT2D eigenvalue weighted by Crippen LogP contribution is -2.32. The first kappa shape index (κ1) is 14.6. The van der Waals surface area contributed by atoms with E-state index in [1.54, 1.807) is 0 Å². The minimum absolute atomic E-state index is 0.502. The molecule has 3 nitrogen and oxygen atoms in total. The van der Waals surface area contributed by atoms with Crippen LogP contribution in [0.2, 0.25) is 0 Å². The summed E-state index contributed by atoms with van der Waals surface area (Å²) in [7, 11) is 0. The lowest BCUT2D eigenvalue weighted by molar-refractivity contribution is 0.163. The summed E-state index contributed by atoms with van der Waals surface area (Å²) in [5.41, 5.74) is 0. The molecule has 0 aromatic carbocycles. The molecule has 0 atom stereocenters. The molecular weight excluding hydrogens is 236 g/mol. The highest BCUT2D eigenvalue weighted by atomic mass is 16.3. The molecule has 1 saturated heterocycles.